The quantitative estimate of drug-likeness (QED) is 0.504. The Bertz CT molecular complexity index is 1070. The zero-order valence-corrected chi connectivity index (χ0v) is 18.8. The summed E-state index contributed by atoms with van der Waals surface area (Å²) in [6.45, 7) is 2.63. The van der Waals surface area contributed by atoms with Gasteiger partial charge in [0.15, 0.2) is 0 Å². The summed E-state index contributed by atoms with van der Waals surface area (Å²) >= 11 is 0. The predicted molar refractivity (Wildman–Crippen MR) is 119 cm³/mol. The molecule has 1 N–H and O–H groups in total. The maximum absolute atomic E-state index is 14.3. The molecule has 0 amide bonds. The van der Waals surface area contributed by atoms with E-state index >= 15 is 0 Å². The molecule has 32 heavy (non-hydrogen) atoms. The minimum Gasteiger partial charge on any atom is -0.465 e. The summed E-state index contributed by atoms with van der Waals surface area (Å²) in [5, 5.41) is -0.532. The fourth-order valence-electron chi connectivity index (χ4n) is 4.61. The number of carbonyl (C=O) groups excluding carboxylic acids is 1. The van der Waals surface area contributed by atoms with Crippen LogP contribution in [0, 0.1) is 5.82 Å². The van der Waals surface area contributed by atoms with Crippen molar-refractivity contribution in [2.45, 2.75) is 30.7 Å². The van der Waals surface area contributed by atoms with Crippen molar-refractivity contribution < 1.29 is 27.1 Å². The van der Waals surface area contributed by atoms with E-state index in [1.807, 2.05) is 18.2 Å². The zero-order chi connectivity index (χ0) is 22.8. The normalized spacial score (nSPS) is 24.0. The first-order valence-electron chi connectivity index (χ1n) is 10.7. The molecule has 2 heterocycles. The molecule has 0 bridgehead atoms. The molecule has 7 nitrogen and oxygen atoms in total. The second-order valence-electron chi connectivity index (χ2n) is 8.37. The predicted octanol–water partition coefficient (Wildman–Crippen LogP) is 2.60. The molecule has 0 aliphatic carbocycles. The number of carbonyl (C=O) groups is 1. The van der Waals surface area contributed by atoms with Crippen molar-refractivity contribution >= 4 is 21.7 Å². The third kappa shape index (κ3) is 4.43. The Kier molecular flexibility index (Phi) is 6.62. The second-order valence-corrected chi connectivity index (χ2v) is 10.4. The lowest BCUT2D eigenvalue weighted by Crippen LogP contribution is -2.68. The highest BCUT2D eigenvalue weighted by molar-refractivity contribution is 7.90. The topological polar surface area (TPSA) is 81.7 Å². The Labute approximate surface area is 187 Å². The second kappa shape index (κ2) is 9.27. The number of halogens is 1. The van der Waals surface area contributed by atoms with E-state index < -0.39 is 27.1 Å². The molecule has 0 aromatic heterocycles. The number of quaternary nitrogens is 1. The van der Waals surface area contributed by atoms with Crippen LogP contribution < -0.4 is 9.21 Å². The van der Waals surface area contributed by atoms with Crippen LogP contribution in [0.25, 0.3) is 0 Å². The van der Waals surface area contributed by atoms with Gasteiger partial charge in [0, 0.05) is 24.9 Å². The van der Waals surface area contributed by atoms with Crippen molar-refractivity contribution in [1.82, 2.24) is 9.21 Å². The van der Waals surface area contributed by atoms with Crippen LogP contribution in [0.15, 0.2) is 48.5 Å². The van der Waals surface area contributed by atoms with E-state index in [0.29, 0.717) is 45.2 Å². The minimum absolute atomic E-state index is 0.0823. The third-order valence-electron chi connectivity index (χ3n) is 6.67. The molecule has 0 saturated carbocycles. The van der Waals surface area contributed by atoms with Crippen LogP contribution in [0.3, 0.4) is 0 Å². The molecule has 2 saturated heterocycles. The van der Waals surface area contributed by atoms with Crippen molar-refractivity contribution in [1.29, 1.82) is 0 Å². The summed E-state index contributed by atoms with van der Waals surface area (Å²) < 4.78 is 53.6. The molecule has 172 valence electrons. The summed E-state index contributed by atoms with van der Waals surface area (Å²) in [5.41, 5.74) is 1.45. The molecular weight excluding hydrogens is 435 g/mol. The van der Waals surface area contributed by atoms with Crippen LogP contribution in [-0.2, 0) is 26.0 Å². The van der Waals surface area contributed by atoms with Gasteiger partial charge in [-0.2, -0.15) is 0 Å². The Hall–Kier alpha value is -2.33. The average molecular weight is 464 g/mol. The van der Waals surface area contributed by atoms with Gasteiger partial charge >= 0.3 is 5.97 Å². The lowest BCUT2D eigenvalue weighted by molar-refractivity contribution is -0.0658. The summed E-state index contributed by atoms with van der Waals surface area (Å²) in [7, 11) is -2.41. The molecule has 2 aromatic rings. The number of rotatable bonds is 7. The Balaban J connectivity index is 1.42. The number of hydrogen-bond acceptors (Lipinski definition) is 5. The van der Waals surface area contributed by atoms with Gasteiger partial charge in [-0.15, -0.1) is 0 Å². The molecule has 2 aromatic carbocycles. The van der Waals surface area contributed by atoms with E-state index in [9.17, 15) is 17.6 Å². The molecular formula is C23H28FN2O5S+. The number of benzene rings is 2. The lowest BCUT2D eigenvalue weighted by atomic mass is 9.99. The molecule has 0 unspecified atom stereocenters. The third-order valence-corrected chi connectivity index (χ3v) is 8.56. The van der Waals surface area contributed by atoms with Crippen LogP contribution in [0.2, 0.25) is 0 Å². The fraction of sp³-hybridized carbons (Fsp3) is 0.435. The number of nitrogens with one attached hydrogen (secondary N) is 1. The lowest BCUT2D eigenvalue weighted by Gasteiger charge is -2.50. The number of esters is 1. The highest BCUT2D eigenvalue weighted by Crippen LogP contribution is 2.35. The van der Waals surface area contributed by atoms with Gasteiger partial charge in [0.2, 0.25) is 10.0 Å². The van der Waals surface area contributed by atoms with Gasteiger partial charge in [0.25, 0.3) is 0 Å². The number of nitrogens with zero attached hydrogens (tertiary/aromatic N) is 1. The first-order chi connectivity index (χ1) is 15.4. The first kappa shape index (κ1) is 22.8. The van der Waals surface area contributed by atoms with Crippen LogP contribution >= 0.6 is 0 Å². The summed E-state index contributed by atoms with van der Waals surface area (Å²) in [4.78, 5) is 11.5. The number of sulfonamides is 1. The number of piperidine rings is 1. The number of para-hydroxylation sites is 1. The van der Waals surface area contributed by atoms with Gasteiger partial charge in [-0.3, -0.25) is 4.48 Å². The maximum atomic E-state index is 14.3. The van der Waals surface area contributed by atoms with Crippen LogP contribution in [0.5, 0.6) is 0 Å². The van der Waals surface area contributed by atoms with Crippen LogP contribution in [-0.4, -0.2) is 59.1 Å². The molecule has 0 radical (unpaired) electrons. The molecule has 2 aliphatic heterocycles. The van der Waals surface area contributed by atoms with Crippen molar-refractivity contribution in [3.63, 3.8) is 0 Å². The minimum atomic E-state index is -3.63. The summed E-state index contributed by atoms with van der Waals surface area (Å²) in [6, 6.07) is 14.4. The van der Waals surface area contributed by atoms with E-state index in [2.05, 4.69) is 21.6 Å². The number of ether oxygens (including phenoxy) is 2. The van der Waals surface area contributed by atoms with Gasteiger partial charge in [0.1, 0.15) is 30.8 Å². The highest BCUT2D eigenvalue weighted by atomic mass is 32.2. The number of likely N-dealkylation sites (tertiary alicyclic amines) is 1. The Morgan fingerprint density at radius 2 is 1.84 bits per heavy atom. The van der Waals surface area contributed by atoms with Gasteiger partial charge in [-0.05, 0) is 24.3 Å². The standard InChI is InChI=1S/C23H28FN2O5S/c1-30-23(27)17-7-8-18(22(24)13-17)14-25-32(28,29)21-9-11-26(12-10-21,20-15-31-16-20)19-5-3-2-4-6-19/h2-8,13,20-21,25H,9-12,14-16H2,1H3/q+1. The van der Waals surface area contributed by atoms with Crippen molar-refractivity contribution in [3.05, 3.63) is 65.5 Å². The van der Waals surface area contributed by atoms with Gasteiger partial charge < -0.3 is 9.47 Å². The molecule has 0 atom stereocenters. The molecule has 2 fully saturated rings. The van der Waals surface area contributed by atoms with Gasteiger partial charge in [-0.1, -0.05) is 24.3 Å². The maximum Gasteiger partial charge on any atom is 0.337 e. The fourth-order valence-corrected chi connectivity index (χ4v) is 6.04. The van der Waals surface area contributed by atoms with Crippen molar-refractivity contribution in [2.24, 2.45) is 0 Å². The molecule has 0 spiro atoms. The summed E-state index contributed by atoms with van der Waals surface area (Å²) in [5.74, 6) is -1.29. The zero-order valence-electron chi connectivity index (χ0n) is 18.0. The Morgan fingerprint density at radius 1 is 1.16 bits per heavy atom. The van der Waals surface area contributed by atoms with Gasteiger partial charge in [-0.25, -0.2) is 22.3 Å². The van der Waals surface area contributed by atoms with E-state index in [-0.39, 0.29) is 17.7 Å². The van der Waals surface area contributed by atoms with Crippen LogP contribution in [0.4, 0.5) is 10.1 Å². The van der Waals surface area contributed by atoms with E-state index in [0.717, 1.165) is 10.5 Å². The van der Waals surface area contributed by atoms with E-state index in [4.69, 9.17) is 4.74 Å². The monoisotopic (exact) mass is 463 g/mol. The molecule has 9 heteroatoms. The average Bonchev–Trinajstić information content (AvgIpc) is 2.77. The van der Waals surface area contributed by atoms with E-state index in [1.165, 1.54) is 24.9 Å². The smallest absolute Gasteiger partial charge is 0.337 e. The molecule has 2 aliphatic rings. The van der Waals surface area contributed by atoms with E-state index in [1.54, 1.807) is 0 Å². The number of hydrogen-bond donors (Lipinski definition) is 1. The van der Waals surface area contributed by atoms with Crippen LogP contribution in [0.1, 0.15) is 28.8 Å². The summed E-state index contributed by atoms with van der Waals surface area (Å²) in [6.07, 6.45) is 1.04. The largest absolute Gasteiger partial charge is 0.465 e. The first-order valence-corrected chi connectivity index (χ1v) is 12.3. The molecule has 4 rings (SSSR count). The number of methoxy groups -OCH3 is 1. The van der Waals surface area contributed by atoms with Gasteiger partial charge in [0.05, 0.1) is 31.0 Å². The van der Waals surface area contributed by atoms with Crippen molar-refractivity contribution in [2.75, 3.05) is 33.4 Å². The van der Waals surface area contributed by atoms with Crippen molar-refractivity contribution in [3.8, 4) is 0 Å². The SMILES string of the molecule is COC(=O)c1ccc(CNS(=O)(=O)C2CC[N+](c3ccccc3)(C3COC3)CC2)c(F)c1. The Morgan fingerprint density at radius 3 is 2.41 bits per heavy atom. The highest BCUT2D eigenvalue weighted by Gasteiger charge is 2.48.